The Hall–Kier alpha value is -3.54. The zero-order valence-corrected chi connectivity index (χ0v) is 15.9. The maximum absolute atomic E-state index is 13.3. The lowest BCUT2D eigenvalue weighted by Gasteiger charge is -2.31. The molecule has 1 aliphatic heterocycles. The number of allylic oxidation sites excluding steroid dienone is 1. The average Bonchev–Trinajstić information content (AvgIpc) is 2.74. The number of halogens is 1. The van der Waals surface area contributed by atoms with Crippen molar-refractivity contribution in [3.8, 4) is 0 Å². The number of amides is 2. The Morgan fingerprint density at radius 2 is 2.00 bits per heavy atom. The lowest BCUT2D eigenvalue weighted by molar-refractivity contribution is -0.116. The van der Waals surface area contributed by atoms with E-state index in [4.69, 9.17) is 0 Å². The van der Waals surface area contributed by atoms with Gasteiger partial charge in [-0.2, -0.15) is 0 Å². The highest BCUT2D eigenvalue weighted by molar-refractivity contribution is 5.98. The topological polar surface area (TPSA) is 62.3 Å². The zero-order chi connectivity index (χ0) is 20.4. The summed E-state index contributed by atoms with van der Waals surface area (Å²) in [6.07, 6.45) is 5.50. The highest BCUT2D eigenvalue weighted by Gasteiger charge is 2.29. The second-order valence-electron chi connectivity index (χ2n) is 6.91. The lowest BCUT2D eigenvalue weighted by Crippen LogP contribution is -2.37. The molecule has 4 rings (SSSR count). The molecule has 29 heavy (non-hydrogen) atoms. The second-order valence-corrected chi connectivity index (χ2v) is 6.91. The van der Waals surface area contributed by atoms with E-state index in [9.17, 15) is 14.0 Å². The van der Waals surface area contributed by atoms with Gasteiger partial charge in [0, 0.05) is 29.9 Å². The Morgan fingerprint density at radius 1 is 1.21 bits per heavy atom. The first-order valence-electron chi connectivity index (χ1n) is 9.49. The molecule has 3 aromatic rings. The molecular weight excluding hydrogens is 369 g/mol. The Labute approximate surface area is 167 Å². The van der Waals surface area contributed by atoms with Crippen molar-refractivity contribution in [2.45, 2.75) is 25.8 Å². The number of carbonyl (C=O) groups excluding carboxylic acids is 2. The summed E-state index contributed by atoms with van der Waals surface area (Å²) in [7, 11) is 0. The van der Waals surface area contributed by atoms with E-state index >= 15 is 0 Å². The van der Waals surface area contributed by atoms with Gasteiger partial charge in [0.2, 0.25) is 0 Å². The number of rotatable bonds is 3. The molecule has 0 saturated carbocycles. The second kappa shape index (κ2) is 7.83. The molecule has 2 heterocycles. The van der Waals surface area contributed by atoms with Gasteiger partial charge in [-0.1, -0.05) is 25.1 Å². The summed E-state index contributed by atoms with van der Waals surface area (Å²) >= 11 is 0. The van der Waals surface area contributed by atoms with Gasteiger partial charge in [-0.25, -0.2) is 9.18 Å². The van der Waals surface area contributed by atoms with Crippen molar-refractivity contribution in [1.29, 1.82) is 0 Å². The number of aryl methyl sites for hydroxylation is 1. The molecule has 146 valence electrons. The quantitative estimate of drug-likeness (QED) is 0.686. The molecule has 0 fully saturated rings. The summed E-state index contributed by atoms with van der Waals surface area (Å²) < 4.78 is 13.3. The minimum atomic E-state index is -0.486. The molecule has 2 aromatic carbocycles. The Morgan fingerprint density at radius 3 is 2.76 bits per heavy atom. The molecule has 1 aliphatic rings. The molecule has 2 amide bonds. The van der Waals surface area contributed by atoms with Crippen LogP contribution in [-0.2, 0) is 11.2 Å². The summed E-state index contributed by atoms with van der Waals surface area (Å²) in [5.41, 5.74) is 3.29. The van der Waals surface area contributed by atoms with Crippen molar-refractivity contribution >= 4 is 28.4 Å². The average molecular weight is 389 g/mol. The third kappa shape index (κ3) is 3.74. The minimum absolute atomic E-state index is 0.0746. The number of nitrogens with one attached hydrogen (secondary N) is 1. The SMILES string of the molecule is CCc1c(NC(=O)N2C=CC(=O)C[C@H]2c2ccc(F)cc2)ccc2ncccc12. The molecule has 0 bridgehead atoms. The fourth-order valence-corrected chi connectivity index (χ4v) is 3.69. The predicted octanol–water partition coefficient (Wildman–Crippen LogP) is 5.00. The Balaban J connectivity index is 1.66. The normalized spacial score (nSPS) is 16.3. The molecule has 0 saturated heterocycles. The number of hydrogen-bond donors (Lipinski definition) is 1. The van der Waals surface area contributed by atoms with Gasteiger partial charge in [-0.15, -0.1) is 0 Å². The highest BCUT2D eigenvalue weighted by Crippen LogP contribution is 2.31. The van der Waals surface area contributed by atoms with E-state index in [0.717, 1.165) is 22.9 Å². The van der Waals surface area contributed by atoms with Gasteiger partial charge >= 0.3 is 6.03 Å². The van der Waals surface area contributed by atoms with Gasteiger partial charge in [0.15, 0.2) is 5.78 Å². The van der Waals surface area contributed by atoms with E-state index in [1.165, 1.54) is 29.3 Å². The van der Waals surface area contributed by atoms with Crippen LogP contribution in [0.4, 0.5) is 14.9 Å². The molecule has 0 radical (unpaired) electrons. The molecular formula is C23H20FN3O2. The van der Waals surface area contributed by atoms with E-state index in [1.54, 1.807) is 18.3 Å². The van der Waals surface area contributed by atoms with Gasteiger partial charge in [0.1, 0.15) is 5.82 Å². The van der Waals surface area contributed by atoms with Crippen molar-refractivity contribution in [2.75, 3.05) is 5.32 Å². The van der Waals surface area contributed by atoms with Crippen LogP contribution in [0, 0.1) is 5.82 Å². The van der Waals surface area contributed by atoms with Gasteiger partial charge in [0.25, 0.3) is 0 Å². The van der Waals surface area contributed by atoms with E-state index in [0.29, 0.717) is 11.3 Å². The number of pyridine rings is 1. The third-order valence-electron chi connectivity index (χ3n) is 5.13. The van der Waals surface area contributed by atoms with Gasteiger partial charge in [0.05, 0.1) is 11.6 Å². The zero-order valence-electron chi connectivity index (χ0n) is 15.9. The Kier molecular flexibility index (Phi) is 5.08. The number of anilines is 1. The van der Waals surface area contributed by atoms with Crippen LogP contribution in [0.5, 0.6) is 0 Å². The van der Waals surface area contributed by atoms with E-state index in [2.05, 4.69) is 10.3 Å². The minimum Gasteiger partial charge on any atom is -0.307 e. The fourth-order valence-electron chi connectivity index (χ4n) is 3.69. The summed E-state index contributed by atoms with van der Waals surface area (Å²) in [6, 6.07) is 12.6. The first-order valence-corrected chi connectivity index (χ1v) is 9.49. The number of nitrogens with zero attached hydrogens (tertiary/aromatic N) is 2. The molecule has 6 heteroatoms. The van der Waals surface area contributed by atoms with E-state index < -0.39 is 6.04 Å². The monoisotopic (exact) mass is 389 g/mol. The van der Waals surface area contributed by atoms with Crippen molar-refractivity contribution in [3.05, 3.63) is 83.9 Å². The molecule has 1 N–H and O–H groups in total. The van der Waals surface area contributed by atoms with Crippen LogP contribution in [0.1, 0.15) is 30.5 Å². The van der Waals surface area contributed by atoms with Gasteiger partial charge in [-0.3, -0.25) is 14.7 Å². The van der Waals surface area contributed by atoms with Gasteiger partial charge < -0.3 is 5.32 Å². The summed E-state index contributed by atoms with van der Waals surface area (Å²) in [6.45, 7) is 2.03. The molecule has 0 unspecified atom stereocenters. The Bertz CT molecular complexity index is 1110. The van der Waals surface area contributed by atoms with Crippen molar-refractivity contribution in [3.63, 3.8) is 0 Å². The maximum Gasteiger partial charge on any atom is 0.326 e. The highest BCUT2D eigenvalue weighted by atomic mass is 19.1. The van der Waals surface area contributed by atoms with Crippen molar-refractivity contribution < 1.29 is 14.0 Å². The predicted molar refractivity (Wildman–Crippen MR) is 110 cm³/mol. The summed E-state index contributed by atoms with van der Waals surface area (Å²) in [4.78, 5) is 30.9. The number of ketones is 1. The molecule has 5 nitrogen and oxygen atoms in total. The number of benzene rings is 2. The largest absolute Gasteiger partial charge is 0.326 e. The van der Waals surface area contributed by atoms with Crippen LogP contribution in [0.25, 0.3) is 10.9 Å². The fraction of sp³-hybridized carbons (Fsp3) is 0.174. The smallest absolute Gasteiger partial charge is 0.307 e. The van der Waals surface area contributed by atoms with E-state index in [1.807, 2.05) is 31.2 Å². The summed E-state index contributed by atoms with van der Waals surface area (Å²) in [5.74, 6) is -0.436. The van der Waals surface area contributed by atoms with E-state index in [-0.39, 0.29) is 24.1 Å². The first kappa shape index (κ1) is 18.8. The number of carbonyl (C=O) groups is 2. The number of hydrogen-bond acceptors (Lipinski definition) is 3. The van der Waals surface area contributed by atoms with Crippen molar-refractivity contribution in [1.82, 2.24) is 9.88 Å². The maximum atomic E-state index is 13.3. The lowest BCUT2D eigenvalue weighted by atomic mass is 9.97. The standard InChI is InChI=1S/C23H20FN3O2/c1-2-18-19-4-3-12-25-20(19)9-10-21(18)26-23(29)27-13-11-17(28)14-22(27)15-5-7-16(24)8-6-15/h3-13,22H,2,14H2,1H3,(H,26,29)/t22-/m0/s1. The van der Waals surface area contributed by atoms with Crippen LogP contribution >= 0.6 is 0 Å². The number of fused-ring (bicyclic) bond motifs is 1. The summed E-state index contributed by atoms with van der Waals surface area (Å²) in [5, 5.41) is 3.96. The molecule has 1 aromatic heterocycles. The first-order chi connectivity index (χ1) is 14.1. The molecule has 0 spiro atoms. The van der Waals surface area contributed by atoms with Crippen LogP contribution in [0.2, 0.25) is 0 Å². The molecule has 1 atom stereocenters. The third-order valence-corrected chi connectivity index (χ3v) is 5.13. The van der Waals surface area contributed by atoms with Crippen LogP contribution in [0.3, 0.4) is 0 Å². The molecule has 0 aliphatic carbocycles. The van der Waals surface area contributed by atoms with Crippen LogP contribution < -0.4 is 5.32 Å². The number of aromatic nitrogens is 1. The van der Waals surface area contributed by atoms with Gasteiger partial charge in [-0.05, 0) is 54.0 Å². The van der Waals surface area contributed by atoms with Crippen LogP contribution in [-0.4, -0.2) is 21.7 Å². The van der Waals surface area contributed by atoms with Crippen LogP contribution in [0.15, 0.2) is 67.0 Å². The van der Waals surface area contributed by atoms with Crippen molar-refractivity contribution in [2.24, 2.45) is 0 Å². The number of urea groups is 1.